The van der Waals surface area contributed by atoms with Gasteiger partial charge < -0.3 is 11.5 Å². The molecule has 0 radical (unpaired) electrons. The molecule has 0 amide bonds. The van der Waals surface area contributed by atoms with Gasteiger partial charge in [-0.25, -0.2) is 0 Å². The molecule has 0 fully saturated rings. The van der Waals surface area contributed by atoms with Crippen LogP contribution in [0.5, 0.6) is 0 Å². The Morgan fingerprint density at radius 3 is 1.83 bits per heavy atom. The third kappa shape index (κ3) is 10.5. The molecular formula is C8H22Cl2N2. The normalized spacial score (nSPS) is 14.0. The Hall–Kier alpha value is 0.500. The molecule has 2 nitrogen and oxygen atoms in total. The second kappa shape index (κ2) is 11.5. The first-order valence-corrected chi connectivity index (χ1v) is 4.21. The van der Waals surface area contributed by atoms with Gasteiger partial charge in [-0.2, -0.15) is 0 Å². The Labute approximate surface area is 88.3 Å². The Morgan fingerprint density at radius 2 is 1.50 bits per heavy atom. The zero-order valence-electron chi connectivity index (χ0n) is 7.95. The van der Waals surface area contributed by atoms with Gasteiger partial charge in [0.05, 0.1) is 0 Å². The second-order valence-electron chi connectivity index (χ2n) is 2.95. The van der Waals surface area contributed by atoms with Crippen molar-refractivity contribution in [3.05, 3.63) is 0 Å². The fourth-order valence-electron chi connectivity index (χ4n) is 1.04. The van der Waals surface area contributed by atoms with Crippen molar-refractivity contribution in [1.82, 2.24) is 0 Å². The van der Waals surface area contributed by atoms with Crippen molar-refractivity contribution in [1.29, 1.82) is 0 Å². The number of hydrogen-bond donors (Lipinski definition) is 2. The number of halogens is 2. The quantitative estimate of drug-likeness (QED) is 0.740. The van der Waals surface area contributed by atoms with Crippen LogP contribution in [-0.4, -0.2) is 12.1 Å². The van der Waals surface area contributed by atoms with E-state index in [1.165, 1.54) is 0 Å². The van der Waals surface area contributed by atoms with Crippen LogP contribution in [0.15, 0.2) is 0 Å². The topological polar surface area (TPSA) is 52.0 Å². The molecule has 0 aromatic carbocycles. The Morgan fingerprint density at radius 1 is 1.00 bits per heavy atom. The lowest BCUT2D eigenvalue weighted by Gasteiger charge is -2.14. The molecule has 0 aliphatic carbocycles. The van der Waals surface area contributed by atoms with E-state index in [4.69, 9.17) is 11.5 Å². The van der Waals surface area contributed by atoms with E-state index in [1.54, 1.807) is 0 Å². The summed E-state index contributed by atoms with van der Waals surface area (Å²) in [5.41, 5.74) is 11.5. The van der Waals surface area contributed by atoms with Crippen LogP contribution >= 0.6 is 24.8 Å². The fraction of sp³-hybridized carbons (Fsp3) is 1.00. The number of hydrogen-bond acceptors (Lipinski definition) is 2. The van der Waals surface area contributed by atoms with E-state index in [-0.39, 0.29) is 24.8 Å². The van der Waals surface area contributed by atoms with Crippen LogP contribution in [0.4, 0.5) is 0 Å². The van der Waals surface area contributed by atoms with Crippen molar-refractivity contribution in [3.63, 3.8) is 0 Å². The van der Waals surface area contributed by atoms with Crippen LogP contribution in [0.25, 0.3) is 0 Å². The highest BCUT2D eigenvalue weighted by Crippen LogP contribution is 2.02. The van der Waals surface area contributed by atoms with Gasteiger partial charge in [-0.1, -0.05) is 20.3 Å². The van der Waals surface area contributed by atoms with Crippen molar-refractivity contribution in [2.45, 2.75) is 51.6 Å². The molecule has 0 bridgehead atoms. The summed E-state index contributed by atoms with van der Waals surface area (Å²) in [6.07, 6.45) is 4.28. The van der Waals surface area contributed by atoms with E-state index in [1.807, 2.05) is 0 Å². The molecule has 0 aliphatic rings. The highest BCUT2D eigenvalue weighted by Gasteiger charge is 2.05. The SMILES string of the molecule is CCCC(N)CC(N)CC.Cl.Cl. The molecule has 0 heterocycles. The fourth-order valence-corrected chi connectivity index (χ4v) is 1.04. The average Bonchev–Trinajstić information content (AvgIpc) is 1.88. The molecule has 12 heavy (non-hydrogen) atoms. The van der Waals surface area contributed by atoms with Gasteiger partial charge in [-0.15, -0.1) is 24.8 Å². The van der Waals surface area contributed by atoms with Crippen LogP contribution < -0.4 is 11.5 Å². The summed E-state index contributed by atoms with van der Waals surface area (Å²) in [6.45, 7) is 4.25. The molecule has 78 valence electrons. The molecule has 0 saturated heterocycles. The third-order valence-electron chi connectivity index (χ3n) is 1.79. The largest absolute Gasteiger partial charge is 0.328 e. The summed E-state index contributed by atoms with van der Waals surface area (Å²) >= 11 is 0. The second-order valence-corrected chi connectivity index (χ2v) is 2.95. The van der Waals surface area contributed by atoms with Crippen molar-refractivity contribution in [2.75, 3.05) is 0 Å². The molecule has 2 atom stereocenters. The molecule has 0 aliphatic heterocycles. The van der Waals surface area contributed by atoms with Crippen molar-refractivity contribution < 1.29 is 0 Å². The zero-order valence-corrected chi connectivity index (χ0v) is 9.59. The molecule has 4 heteroatoms. The summed E-state index contributed by atoms with van der Waals surface area (Å²) in [4.78, 5) is 0. The van der Waals surface area contributed by atoms with Gasteiger partial charge in [0.2, 0.25) is 0 Å². The summed E-state index contributed by atoms with van der Waals surface area (Å²) in [6, 6.07) is 0.626. The minimum Gasteiger partial charge on any atom is -0.328 e. The Balaban J connectivity index is -0.000000405. The predicted molar refractivity (Wildman–Crippen MR) is 60.3 cm³/mol. The lowest BCUT2D eigenvalue weighted by molar-refractivity contribution is 0.484. The zero-order chi connectivity index (χ0) is 7.98. The molecule has 0 aromatic heterocycles. The van der Waals surface area contributed by atoms with E-state index in [0.29, 0.717) is 12.1 Å². The molecule has 4 N–H and O–H groups in total. The van der Waals surface area contributed by atoms with Crippen LogP contribution in [0, 0.1) is 0 Å². The highest BCUT2D eigenvalue weighted by molar-refractivity contribution is 5.85. The lowest BCUT2D eigenvalue weighted by atomic mass is 10.0. The van der Waals surface area contributed by atoms with Gasteiger partial charge in [-0.3, -0.25) is 0 Å². The van der Waals surface area contributed by atoms with Gasteiger partial charge in [0.25, 0.3) is 0 Å². The minimum absolute atomic E-state index is 0. The van der Waals surface area contributed by atoms with E-state index >= 15 is 0 Å². The maximum absolute atomic E-state index is 5.78. The summed E-state index contributed by atoms with van der Waals surface area (Å²) in [5.74, 6) is 0. The summed E-state index contributed by atoms with van der Waals surface area (Å²) < 4.78 is 0. The lowest BCUT2D eigenvalue weighted by Crippen LogP contribution is -2.30. The summed E-state index contributed by atoms with van der Waals surface area (Å²) in [5, 5.41) is 0. The molecular weight excluding hydrogens is 195 g/mol. The molecule has 0 rings (SSSR count). The molecule has 2 unspecified atom stereocenters. The molecule has 0 saturated carbocycles. The standard InChI is InChI=1S/C8H20N2.2ClH/c1-3-5-8(10)6-7(9)4-2;;/h7-8H,3-6,9-10H2,1-2H3;2*1H. The molecule has 0 spiro atoms. The van der Waals surface area contributed by atoms with E-state index < -0.39 is 0 Å². The number of nitrogens with two attached hydrogens (primary N) is 2. The average molecular weight is 217 g/mol. The van der Waals surface area contributed by atoms with E-state index in [9.17, 15) is 0 Å². The van der Waals surface area contributed by atoms with E-state index in [0.717, 1.165) is 25.7 Å². The minimum atomic E-state index is 0. The first kappa shape index (κ1) is 18.3. The third-order valence-corrected chi connectivity index (χ3v) is 1.79. The first-order chi connectivity index (χ1) is 4.70. The maximum Gasteiger partial charge on any atom is 0.00534 e. The van der Waals surface area contributed by atoms with Crippen LogP contribution in [-0.2, 0) is 0 Å². The first-order valence-electron chi connectivity index (χ1n) is 4.21. The summed E-state index contributed by atoms with van der Waals surface area (Å²) in [7, 11) is 0. The maximum atomic E-state index is 5.78. The smallest absolute Gasteiger partial charge is 0.00534 e. The highest BCUT2D eigenvalue weighted by atomic mass is 35.5. The van der Waals surface area contributed by atoms with Crippen molar-refractivity contribution in [3.8, 4) is 0 Å². The van der Waals surface area contributed by atoms with Crippen LogP contribution in [0.1, 0.15) is 39.5 Å². The van der Waals surface area contributed by atoms with Crippen molar-refractivity contribution >= 4 is 24.8 Å². The Bertz CT molecular complexity index is 81.5. The van der Waals surface area contributed by atoms with Crippen LogP contribution in [0.2, 0.25) is 0 Å². The monoisotopic (exact) mass is 216 g/mol. The van der Waals surface area contributed by atoms with Gasteiger partial charge in [0.15, 0.2) is 0 Å². The van der Waals surface area contributed by atoms with Crippen molar-refractivity contribution in [2.24, 2.45) is 11.5 Å². The predicted octanol–water partition coefficient (Wildman–Crippen LogP) is 2.08. The number of rotatable bonds is 5. The van der Waals surface area contributed by atoms with Gasteiger partial charge in [-0.05, 0) is 19.3 Å². The van der Waals surface area contributed by atoms with E-state index in [2.05, 4.69) is 13.8 Å². The van der Waals surface area contributed by atoms with Gasteiger partial charge in [0.1, 0.15) is 0 Å². The van der Waals surface area contributed by atoms with Crippen LogP contribution in [0.3, 0.4) is 0 Å². The van der Waals surface area contributed by atoms with Gasteiger partial charge >= 0.3 is 0 Å². The Kier molecular flexibility index (Phi) is 17.6. The van der Waals surface area contributed by atoms with Gasteiger partial charge in [0, 0.05) is 12.1 Å². The molecule has 0 aromatic rings.